The number of benzene rings is 1. The average molecular weight is 306 g/mol. The summed E-state index contributed by atoms with van der Waals surface area (Å²) in [7, 11) is 1.72. The zero-order chi connectivity index (χ0) is 15.6. The topological polar surface area (TPSA) is 50.8 Å². The fourth-order valence-electron chi connectivity index (χ4n) is 2.61. The van der Waals surface area contributed by atoms with Gasteiger partial charge in [0.1, 0.15) is 0 Å². The summed E-state index contributed by atoms with van der Waals surface area (Å²) < 4.78 is 10.4. The van der Waals surface area contributed by atoms with Crippen LogP contribution in [-0.2, 0) is 9.47 Å². The number of carbonyl (C=O) groups is 1. The molecule has 0 aromatic heterocycles. The molecule has 1 N–H and O–H groups in total. The van der Waals surface area contributed by atoms with Crippen molar-refractivity contribution in [3.63, 3.8) is 0 Å². The fraction of sp³-hybridized carbons (Fsp3) is 0.588. The van der Waals surface area contributed by atoms with Gasteiger partial charge in [-0.05, 0) is 24.8 Å². The van der Waals surface area contributed by atoms with Gasteiger partial charge in [0.05, 0.1) is 19.3 Å². The summed E-state index contributed by atoms with van der Waals surface area (Å²) in [5.74, 6) is 0. The smallest absolute Gasteiger partial charge is 0.318 e. The van der Waals surface area contributed by atoms with Crippen molar-refractivity contribution in [1.29, 1.82) is 0 Å². The third-order valence-electron chi connectivity index (χ3n) is 3.89. The van der Waals surface area contributed by atoms with Crippen LogP contribution in [0.15, 0.2) is 30.3 Å². The van der Waals surface area contributed by atoms with E-state index in [1.807, 2.05) is 23.1 Å². The van der Waals surface area contributed by atoms with Crippen LogP contribution in [0.25, 0.3) is 0 Å². The third-order valence-corrected chi connectivity index (χ3v) is 3.89. The van der Waals surface area contributed by atoms with Crippen molar-refractivity contribution in [2.24, 2.45) is 0 Å². The van der Waals surface area contributed by atoms with Crippen LogP contribution >= 0.6 is 0 Å². The molecule has 1 saturated heterocycles. The molecule has 0 unspecified atom stereocenters. The molecule has 1 fully saturated rings. The Morgan fingerprint density at radius 3 is 2.68 bits per heavy atom. The van der Waals surface area contributed by atoms with E-state index in [1.165, 1.54) is 0 Å². The summed E-state index contributed by atoms with van der Waals surface area (Å²) in [4.78, 5) is 14.2. The van der Waals surface area contributed by atoms with E-state index >= 15 is 0 Å². The standard InChI is InChI=1S/C17H26N2O3/c1-21-12-6-5-9-16(15-7-3-2-4-8-15)18-17(20)19-10-13-22-14-11-19/h2-4,7-8,16H,5-6,9-14H2,1H3,(H,18,20)/t16-/m1/s1. The summed E-state index contributed by atoms with van der Waals surface area (Å²) in [6.45, 7) is 3.33. The molecule has 0 radical (unpaired) electrons. The molecule has 1 aromatic rings. The van der Waals surface area contributed by atoms with Crippen LogP contribution < -0.4 is 5.32 Å². The highest BCUT2D eigenvalue weighted by molar-refractivity contribution is 5.74. The Morgan fingerprint density at radius 1 is 1.27 bits per heavy atom. The van der Waals surface area contributed by atoms with Gasteiger partial charge in [0, 0.05) is 26.8 Å². The molecule has 0 saturated carbocycles. The summed E-state index contributed by atoms with van der Waals surface area (Å²) >= 11 is 0. The quantitative estimate of drug-likeness (QED) is 0.788. The van der Waals surface area contributed by atoms with Gasteiger partial charge in [-0.15, -0.1) is 0 Å². The summed E-state index contributed by atoms with van der Waals surface area (Å²) in [6, 6.07) is 10.2. The number of methoxy groups -OCH3 is 1. The first-order valence-electron chi connectivity index (χ1n) is 7.98. The average Bonchev–Trinajstić information content (AvgIpc) is 2.59. The van der Waals surface area contributed by atoms with Gasteiger partial charge >= 0.3 is 6.03 Å². The van der Waals surface area contributed by atoms with Gasteiger partial charge in [-0.2, -0.15) is 0 Å². The van der Waals surface area contributed by atoms with E-state index in [1.54, 1.807) is 7.11 Å². The number of nitrogens with one attached hydrogen (secondary N) is 1. The monoisotopic (exact) mass is 306 g/mol. The van der Waals surface area contributed by atoms with Crippen molar-refractivity contribution < 1.29 is 14.3 Å². The first kappa shape index (κ1) is 16.8. The van der Waals surface area contributed by atoms with Gasteiger partial charge in [-0.3, -0.25) is 0 Å². The lowest BCUT2D eigenvalue weighted by molar-refractivity contribution is 0.0523. The fourth-order valence-corrected chi connectivity index (χ4v) is 2.61. The van der Waals surface area contributed by atoms with Gasteiger partial charge in [-0.1, -0.05) is 30.3 Å². The number of amides is 2. The highest BCUT2D eigenvalue weighted by Gasteiger charge is 2.20. The minimum absolute atomic E-state index is 0.00361. The highest BCUT2D eigenvalue weighted by atomic mass is 16.5. The van der Waals surface area contributed by atoms with E-state index in [4.69, 9.17) is 9.47 Å². The number of ether oxygens (including phenoxy) is 2. The van der Waals surface area contributed by atoms with Crippen molar-refractivity contribution in [2.75, 3.05) is 40.0 Å². The molecule has 1 aromatic carbocycles. The number of carbonyl (C=O) groups excluding carboxylic acids is 1. The lowest BCUT2D eigenvalue weighted by Crippen LogP contribution is -2.47. The molecule has 2 rings (SSSR count). The van der Waals surface area contributed by atoms with E-state index in [-0.39, 0.29) is 12.1 Å². The van der Waals surface area contributed by atoms with Crippen LogP contribution in [0.2, 0.25) is 0 Å². The van der Waals surface area contributed by atoms with E-state index < -0.39 is 0 Å². The van der Waals surface area contributed by atoms with Crippen molar-refractivity contribution in [2.45, 2.75) is 25.3 Å². The second-order valence-corrected chi connectivity index (χ2v) is 5.50. The molecule has 1 heterocycles. The van der Waals surface area contributed by atoms with Crippen LogP contribution in [0.3, 0.4) is 0 Å². The van der Waals surface area contributed by atoms with Crippen LogP contribution in [0.1, 0.15) is 30.9 Å². The Labute approximate surface area is 132 Å². The van der Waals surface area contributed by atoms with Gasteiger partial charge in [-0.25, -0.2) is 4.79 Å². The van der Waals surface area contributed by atoms with Crippen LogP contribution in [0, 0.1) is 0 Å². The maximum Gasteiger partial charge on any atom is 0.318 e. The second kappa shape index (κ2) is 9.43. The molecule has 22 heavy (non-hydrogen) atoms. The maximum absolute atomic E-state index is 12.4. The maximum atomic E-state index is 12.4. The predicted molar refractivity (Wildman–Crippen MR) is 85.8 cm³/mol. The summed E-state index contributed by atoms with van der Waals surface area (Å²) in [5.41, 5.74) is 1.15. The minimum Gasteiger partial charge on any atom is -0.385 e. The number of hydrogen-bond acceptors (Lipinski definition) is 3. The molecule has 5 heteroatoms. The first-order valence-corrected chi connectivity index (χ1v) is 7.98. The van der Waals surface area contributed by atoms with Crippen molar-refractivity contribution in [3.05, 3.63) is 35.9 Å². The second-order valence-electron chi connectivity index (χ2n) is 5.50. The Morgan fingerprint density at radius 2 is 2.00 bits per heavy atom. The Balaban J connectivity index is 1.92. The number of rotatable bonds is 7. The lowest BCUT2D eigenvalue weighted by Gasteiger charge is -2.29. The molecular formula is C17H26N2O3. The van der Waals surface area contributed by atoms with Crippen LogP contribution in [0.5, 0.6) is 0 Å². The molecule has 0 spiro atoms. The molecular weight excluding hydrogens is 280 g/mol. The molecule has 2 amide bonds. The van der Waals surface area contributed by atoms with Crippen LogP contribution in [-0.4, -0.2) is 51.0 Å². The van der Waals surface area contributed by atoms with E-state index in [0.29, 0.717) is 26.3 Å². The van der Waals surface area contributed by atoms with Crippen molar-refractivity contribution >= 4 is 6.03 Å². The van der Waals surface area contributed by atoms with Crippen LogP contribution in [0.4, 0.5) is 4.79 Å². The van der Waals surface area contributed by atoms with Gasteiger partial charge < -0.3 is 19.7 Å². The zero-order valence-electron chi connectivity index (χ0n) is 13.3. The molecule has 1 aliphatic rings. The van der Waals surface area contributed by atoms with Crippen molar-refractivity contribution in [3.8, 4) is 0 Å². The van der Waals surface area contributed by atoms with E-state index in [9.17, 15) is 4.79 Å². The molecule has 0 aliphatic carbocycles. The van der Waals surface area contributed by atoms with Gasteiger partial charge in [0.25, 0.3) is 0 Å². The molecule has 5 nitrogen and oxygen atoms in total. The number of hydrogen-bond donors (Lipinski definition) is 1. The van der Waals surface area contributed by atoms with Crippen molar-refractivity contribution in [1.82, 2.24) is 10.2 Å². The predicted octanol–water partition coefficient (Wildman–Crippen LogP) is 2.59. The van der Waals surface area contributed by atoms with E-state index in [0.717, 1.165) is 31.4 Å². The number of unbranched alkanes of at least 4 members (excludes halogenated alkanes) is 1. The number of nitrogens with zero attached hydrogens (tertiary/aromatic N) is 1. The Hall–Kier alpha value is -1.59. The Kier molecular flexibility index (Phi) is 7.19. The highest BCUT2D eigenvalue weighted by Crippen LogP contribution is 2.19. The number of urea groups is 1. The molecule has 1 aliphatic heterocycles. The molecule has 0 bridgehead atoms. The summed E-state index contributed by atoms with van der Waals surface area (Å²) in [6.07, 6.45) is 2.95. The largest absolute Gasteiger partial charge is 0.385 e. The minimum atomic E-state index is 0.00361. The van der Waals surface area contributed by atoms with Gasteiger partial charge in [0.2, 0.25) is 0 Å². The summed E-state index contributed by atoms with van der Waals surface area (Å²) in [5, 5.41) is 3.17. The lowest BCUT2D eigenvalue weighted by atomic mass is 10.0. The first-order chi connectivity index (χ1) is 10.8. The van der Waals surface area contributed by atoms with Gasteiger partial charge in [0.15, 0.2) is 0 Å². The van der Waals surface area contributed by atoms with E-state index in [2.05, 4.69) is 17.4 Å². The zero-order valence-corrected chi connectivity index (χ0v) is 13.3. The molecule has 122 valence electrons. The molecule has 1 atom stereocenters. The number of morpholine rings is 1. The third kappa shape index (κ3) is 5.31. The normalized spacial score (nSPS) is 16.3. The Bertz CT molecular complexity index is 433. The SMILES string of the molecule is COCCCC[C@@H](NC(=O)N1CCOCC1)c1ccccc1.